The number of hydrogen-bond acceptors (Lipinski definition) is 5. The van der Waals surface area contributed by atoms with Gasteiger partial charge in [-0.1, -0.05) is 13.8 Å². The summed E-state index contributed by atoms with van der Waals surface area (Å²) >= 11 is 1.36. The summed E-state index contributed by atoms with van der Waals surface area (Å²) in [4.78, 5) is 36.7. The van der Waals surface area contributed by atoms with Gasteiger partial charge < -0.3 is 15.4 Å². The second kappa shape index (κ2) is 8.87. The zero-order valence-electron chi connectivity index (χ0n) is 16.4. The van der Waals surface area contributed by atoms with E-state index in [1.165, 1.54) is 11.3 Å². The van der Waals surface area contributed by atoms with Crippen LogP contribution in [0.2, 0.25) is 0 Å². The van der Waals surface area contributed by atoms with Gasteiger partial charge in [0.05, 0.1) is 6.61 Å². The maximum Gasteiger partial charge on any atom is 0.348 e. The Morgan fingerprint density at radius 2 is 1.66 bits per heavy atom. The van der Waals surface area contributed by atoms with E-state index in [9.17, 15) is 14.4 Å². The van der Waals surface area contributed by atoms with Crippen LogP contribution in [0, 0.1) is 5.92 Å². The fourth-order valence-corrected chi connectivity index (χ4v) is 3.56. The van der Waals surface area contributed by atoms with Crippen molar-refractivity contribution in [2.45, 2.75) is 20.8 Å². The van der Waals surface area contributed by atoms with Crippen molar-refractivity contribution >= 4 is 50.6 Å². The lowest BCUT2D eigenvalue weighted by atomic mass is 10.1. The van der Waals surface area contributed by atoms with Crippen molar-refractivity contribution in [2.75, 3.05) is 17.2 Å². The van der Waals surface area contributed by atoms with Crippen molar-refractivity contribution in [2.24, 2.45) is 5.92 Å². The summed E-state index contributed by atoms with van der Waals surface area (Å²) in [6.45, 7) is 5.73. The van der Waals surface area contributed by atoms with Gasteiger partial charge in [-0.2, -0.15) is 0 Å². The summed E-state index contributed by atoms with van der Waals surface area (Å²) < 4.78 is 5.97. The number of amides is 2. The molecule has 3 aromatic rings. The highest BCUT2D eigenvalue weighted by Crippen LogP contribution is 2.29. The Morgan fingerprint density at radius 1 is 0.966 bits per heavy atom. The highest BCUT2D eigenvalue weighted by atomic mass is 32.1. The summed E-state index contributed by atoms with van der Waals surface area (Å²) in [6.07, 6.45) is 0. The number of fused-ring (bicyclic) bond motifs is 1. The van der Waals surface area contributed by atoms with Gasteiger partial charge in [0.25, 0.3) is 5.91 Å². The summed E-state index contributed by atoms with van der Waals surface area (Å²) in [5.74, 6) is -0.793. The molecule has 1 heterocycles. The standard InChI is InChI=1S/C22H22N2O4S/c1-4-28-22(27)19-12-15-11-17(9-10-18(15)29-19)24-21(26)14-5-7-16(8-6-14)23-20(25)13(2)3/h5-13H,4H2,1-3H3,(H,23,25)(H,24,26). The highest BCUT2D eigenvalue weighted by Gasteiger charge is 2.13. The number of carbonyl (C=O) groups is 3. The van der Waals surface area contributed by atoms with Gasteiger partial charge in [0.1, 0.15) is 4.88 Å². The largest absolute Gasteiger partial charge is 0.462 e. The van der Waals surface area contributed by atoms with Crippen molar-refractivity contribution in [1.29, 1.82) is 0 Å². The van der Waals surface area contributed by atoms with E-state index in [-0.39, 0.29) is 23.7 Å². The van der Waals surface area contributed by atoms with Crippen LogP contribution in [0.4, 0.5) is 11.4 Å². The van der Waals surface area contributed by atoms with Gasteiger partial charge in [-0.05, 0) is 60.8 Å². The first kappa shape index (κ1) is 20.5. The van der Waals surface area contributed by atoms with Gasteiger partial charge >= 0.3 is 5.97 Å². The monoisotopic (exact) mass is 410 g/mol. The van der Waals surface area contributed by atoms with E-state index in [0.717, 1.165) is 10.1 Å². The maximum atomic E-state index is 12.5. The number of esters is 1. The topological polar surface area (TPSA) is 84.5 Å². The zero-order chi connectivity index (χ0) is 21.0. The second-order valence-corrected chi connectivity index (χ2v) is 7.84. The molecule has 2 amide bonds. The number of nitrogens with one attached hydrogen (secondary N) is 2. The molecule has 29 heavy (non-hydrogen) atoms. The van der Waals surface area contributed by atoms with E-state index in [2.05, 4.69) is 10.6 Å². The molecular weight excluding hydrogens is 388 g/mol. The van der Waals surface area contributed by atoms with E-state index in [1.807, 2.05) is 26.0 Å². The molecule has 0 unspecified atom stereocenters. The number of benzene rings is 2. The van der Waals surface area contributed by atoms with Crippen LogP contribution in [0.1, 0.15) is 40.8 Å². The number of hydrogen-bond donors (Lipinski definition) is 2. The molecule has 0 bridgehead atoms. The Balaban J connectivity index is 1.70. The lowest BCUT2D eigenvalue weighted by molar-refractivity contribution is -0.118. The fraction of sp³-hybridized carbons (Fsp3) is 0.227. The normalized spacial score (nSPS) is 10.8. The molecular formula is C22H22N2O4S. The molecule has 3 rings (SSSR count). The smallest absolute Gasteiger partial charge is 0.348 e. The minimum atomic E-state index is -0.344. The Morgan fingerprint density at radius 3 is 2.31 bits per heavy atom. The second-order valence-electron chi connectivity index (χ2n) is 6.76. The molecule has 0 spiro atoms. The van der Waals surface area contributed by atoms with E-state index < -0.39 is 0 Å². The van der Waals surface area contributed by atoms with Crippen molar-refractivity contribution in [1.82, 2.24) is 0 Å². The van der Waals surface area contributed by atoms with Gasteiger partial charge in [0.2, 0.25) is 5.91 Å². The Bertz CT molecular complexity index is 1050. The number of carbonyl (C=O) groups excluding carboxylic acids is 3. The minimum absolute atomic E-state index is 0.0755. The Kier molecular flexibility index (Phi) is 6.29. The number of rotatable bonds is 6. The van der Waals surface area contributed by atoms with Crippen LogP contribution in [0.3, 0.4) is 0 Å². The van der Waals surface area contributed by atoms with E-state index >= 15 is 0 Å². The SMILES string of the molecule is CCOC(=O)c1cc2cc(NC(=O)c3ccc(NC(=O)C(C)C)cc3)ccc2s1. The van der Waals surface area contributed by atoms with E-state index in [0.29, 0.717) is 28.4 Å². The predicted octanol–water partition coefficient (Wildman–Crippen LogP) is 4.92. The van der Waals surface area contributed by atoms with Crippen LogP contribution in [0.25, 0.3) is 10.1 Å². The molecule has 0 saturated carbocycles. The number of thiophene rings is 1. The molecule has 1 aromatic heterocycles. The molecule has 2 N–H and O–H groups in total. The average Bonchev–Trinajstić information content (AvgIpc) is 3.12. The van der Waals surface area contributed by atoms with Gasteiger partial charge in [0.15, 0.2) is 0 Å². The van der Waals surface area contributed by atoms with E-state index in [1.54, 1.807) is 43.3 Å². The molecule has 0 radical (unpaired) electrons. The summed E-state index contributed by atoms with van der Waals surface area (Å²) in [5.41, 5.74) is 1.75. The Hall–Kier alpha value is -3.19. The molecule has 0 aliphatic carbocycles. The van der Waals surface area contributed by atoms with Gasteiger partial charge in [-0.3, -0.25) is 9.59 Å². The van der Waals surface area contributed by atoms with Gasteiger partial charge in [-0.15, -0.1) is 11.3 Å². The third-order valence-corrected chi connectivity index (χ3v) is 5.29. The van der Waals surface area contributed by atoms with E-state index in [4.69, 9.17) is 4.74 Å². The number of ether oxygens (including phenoxy) is 1. The number of anilines is 2. The first-order chi connectivity index (χ1) is 13.9. The molecule has 150 valence electrons. The molecule has 0 aliphatic heterocycles. The summed E-state index contributed by atoms with van der Waals surface area (Å²) in [7, 11) is 0. The van der Waals surface area contributed by atoms with Crippen molar-refractivity contribution in [3.63, 3.8) is 0 Å². The zero-order valence-corrected chi connectivity index (χ0v) is 17.3. The minimum Gasteiger partial charge on any atom is -0.462 e. The molecule has 0 saturated heterocycles. The van der Waals surface area contributed by atoms with Crippen LogP contribution in [-0.2, 0) is 9.53 Å². The molecule has 2 aromatic carbocycles. The van der Waals surface area contributed by atoms with Crippen molar-refractivity contribution in [3.05, 3.63) is 59.0 Å². The lowest BCUT2D eigenvalue weighted by Gasteiger charge is -2.09. The molecule has 7 heteroatoms. The molecule has 0 aliphatic rings. The summed E-state index contributed by atoms with van der Waals surface area (Å²) in [5, 5.41) is 6.51. The predicted molar refractivity (Wildman–Crippen MR) is 116 cm³/mol. The lowest BCUT2D eigenvalue weighted by Crippen LogP contribution is -2.18. The van der Waals surface area contributed by atoms with Crippen LogP contribution < -0.4 is 10.6 Å². The maximum absolute atomic E-state index is 12.5. The molecule has 6 nitrogen and oxygen atoms in total. The van der Waals surface area contributed by atoms with Gasteiger partial charge in [0, 0.05) is 27.6 Å². The molecule has 0 fully saturated rings. The molecule has 0 atom stereocenters. The van der Waals surface area contributed by atoms with Crippen molar-refractivity contribution in [3.8, 4) is 0 Å². The fourth-order valence-electron chi connectivity index (χ4n) is 2.62. The first-order valence-electron chi connectivity index (χ1n) is 9.30. The highest BCUT2D eigenvalue weighted by molar-refractivity contribution is 7.20. The van der Waals surface area contributed by atoms with Crippen LogP contribution in [0.15, 0.2) is 48.5 Å². The third-order valence-electron chi connectivity index (χ3n) is 4.19. The quantitative estimate of drug-likeness (QED) is 0.565. The van der Waals surface area contributed by atoms with Crippen LogP contribution in [-0.4, -0.2) is 24.4 Å². The third kappa shape index (κ3) is 5.00. The first-order valence-corrected chi connectivity index (χ1v) is 10.1. The summed E-state index contributed by atoms with van der Waals surface area (Å²) in [6, 6.07) is 14.0. The van der Waals surface area contributed by atoms with Crippen LogP contribution in [0.5, 0.6) is 0 Å². The van der Waals surface area contributed by atoms with Crippen molar-refractivity contribution < 1.29 is 19.1 Å². The average molecular weight is 410 g/mol. The Labute approximate surface area is 172 Å². The van der Waals surface area contributed by atoms with Crippen LogP contribution >= 0.6 is 11.3 Å². The van der Waals surface area contributed by atoms with Gasteiger partial charge in [-0.25, -0.2) is 4.79 Å².